The fourth-order valence-corrected chi connectivity index (χ4v) is 5.02. The van der Waals surface area contributed by atoms with Crippen LogP contribution in [0.4, 0.5) is 0 Å². The minimum atomic E-state index is -1.11. The van der Waals surface area contributed by atoms with Gasteiger partial charge in [0.15, 0.2) is 5.78 Å². The third-order valence-electron chi connectivity index (χ3n) is 6.36. The van der Waals surface area contributed by atoms with Crippen LogP contribution in [0.1, 0.15) is 76.2 Å². The topological polar surface area (TPSA) is 54.4 Å². The third kappa shape index (κ3) is 3.02. The highest BCUT2D eigenvalue weighted by atomic mass is 79.9. The van der Waals surface area contributed by atoms with Crippen LogP contribution in [0.5, 0.6) is 0 Å². The van der Waals surface area contributed by atoms with Crippen LogP contribution in [0.3, 0.4) is 0 Å². The van der Waals surface area contributed by atoms with Crippen molar-refractivity contribution in [3.05, 3.63) is 104 Å². The van der Waals surface area contributed by atoms with E-state index in [2.05, 4.69) is 67.9 Å². The van der Waals surface area contributed by atoms with Crippen molar-refractivity contribution < 1.29 is 14.7 Å². The molecule has 0 fully saturated rings. The number of carbonyl (C=O) groups is 2. The Hall–Kier alpha value is -2.72. The molecule has 1 N–H and O–H groups in total. The van der Waals surface area contributed by atoms with Crippen LogP contribution < -0.4 is 0 Å². The SMILES string of the molecule is CC1(C)c2ccccc2C(C)(C)c2cc(C(=O)c3cc(Br)ccc3C(=O)O)ccc21. The zero-order chi connectivity index (χ0) is 21.8. The van der Waals surface area contributed by atoms with Crippen LogP contribution in [0, 0.1) is 0 Å². The molecular weight excluding hydrogens is 440 g/mol. The number of carboxylic acids is 1. The van der Waals surface area contributed by atoms with Gasteiger partial charge in [0.1, 0.15) is 0 Å². The van der Waals surface area contributed by atoms with Gasteiger partial charge in [-0.05, 0) is 46.5 Å². The van der Waals surface area contributed by atoms with Crippen LogP contribution in [-0.2, 0) is 10.8 Å². The second-order valence-electron chi connectivity index (χ2n) is 8.88. The number of hydrogen-bond donors (Lipinski definition) is 1. The normalized spacial score (nSPS) is 15.8. The number of rotatable bonds is 3. The van der Waals surface area contributed by atoms with Gasteiger partial charge in [0.05, 0.1) is 5.56 Å². The van der Waals surface area contributed by atoms with Gasteiger partial charge in [-0.3, -0.25) is 4.79 Å². The Morgan fingerprint density at radius 1 is 0.733 bits per heavy atom. The summed E-state index contributed by atoms with van der Waals surface area (Å²) in [6.07, 6.45) is 0. The highest BCUT2D eigenvalue weighted by molar-refractivity contribution is 9.10. The lowest BCUT2D eigenvalue weighted by Crippen LogP contribution is -2.36. The molecule has 0 saturated heterocycles. The maximum Gasteiger partial charge on any atom is 0.336 e. The summed E-state index contributed by atoms with van der Waals surface area (Å²) in [4.78, 5) is 25.0. The molecule has 4 heteroatoms. The summed E-state index contributed by atoms with van der Waals surface area (Å²) in [6, 6.07) is 18.9. The van der Waals surface area contributed by atoms with Crippen LogP contribution in [-0.4, -0.2) is 16.9 Å². The van der Waals surface area contributed by atoms with Gasteiger partial charge in [-0.1, -0.05) is 80.0 Å². The smallest absolute Gasteiger partial charge is 0.336 e. The van der Waals surface area contributed by atoms with Gasteiger partial charge in [0.25, 0.3) is 0 Å². The number of carboxylic acid groups (broad SMARTS) is 1. The van der Waals surface area contributed by atoms with Crippen molar-refractivity contribution in [2.75, 3.05) is 0 Å². The molecule has 0 atom stereocenters. The van der Waals surface area contributed by atoms with Gasteiger partial charge in [0.2, 0.25) is 0 Å². The number of carbonyl (C=O) groups excluding carboxylic acids is 1. The molecule has 3 aromatic carbocycles. The average Bonchev–Trinajstić information content (AvgIpc) is 2.71. The number of aromatic carboxylic acids is 1. The van der Waals surface area contributed by atoms with E-state index in [0.717, 1.165) is 5.56 Å². The number of halogens is 1. The quantitative estimate of drug-likeness (QED) is 0.461. The van der Waals surface area contributed by atoms with Crippen molar-refractivity contribution in [3.8, 4) is 0 Å². The molecule has 3 aromatic rings. The van der Waals surface area contributed by atoms with E-state index in [1.165, 1.54) is 22.8 Å². The first-order chi connectivity index (χ1) is 14.0. The van der Waals surface area contributed by atoms with Gasteiger partial charge in [-0.25, -0.2) is 4.79 Å². The Kier molecular flexibility index (Phi) is 4.74. The van der Waals surface area contributed by atoms with Crippen molar-refractivity contribution in [1.82, 2.24) is 0 Å². The van der Waals surface area contributed by atoms with Crippen molar-refractivity contribution in [2.24, 2.45) is 0 Å². The molecule has 0 saturated carbocycles. The average molecular weight is 463 g/mol. The standard InChI is InChI=1S/C26H23BrO3/c1-25(2)19-7-5-6-8-20(19)26(3,4)22-13-15(9-12-21(22)25)23(28)18-14-16(27)10-11-17(18)24(29)30/h5-14H,1-4H3,(H,29,30). The van der Waals surface area contributed by atoms with Crippen molar-refractivity contribution in [2.45, 2.75) is 38.5 Å². The van der Waals surface area contributed by atoms with E-state index in [0.29, 0.717) is 10.0 Å². The highest BCUT2D eigenvalue weighted by Gasteiger charge is 2.41. The number of ketones is 1. The monoisotopic (exact) mass is 462 g/mol. The van der Waals surface area contributed by atoms with Gasteiger partial charge in [-0.2, -0.15) is 0 Å². The predicted octanol–water partition coefficient (Wildman–Crippen LogP) is 6.34. The summed E-state index contributed by atoms with van der Waals surface area (Å²) in [5.74, 6) is -1.40. The molecule has 0 heterocycles. The zero-order valence-corrected chi connectivity index (χ0v) is 19.0. The lowest BCUT2D eigenvalue weighted by atomic mass is 9.60. The molecule has 0 radical (unpaired) electrons. The number of fused-ring (bicyclic) bond motifs is 2. The number of hydrogen-bond acceptors (Lipinski definition) is 2. The molecule has 152 valence electrons. The summed E-state index contributed by atoms with van der Waals surface area (Å²) in [5, 5.41) is 9.54. The molecule has 3 nitrogen and oxygen atoms in total. The van der Waals surface area contributed by atoms with Crippen LogP contribution in [0.15, 0.2) is 65.1 Å². The van der Waals surface area contributed by atoms with E-state index in [-0.39, 0.29) is 27.7 Å². The van der Waals surface area contributed by atoms with Gasteiger partial charge >= 0.3 is 5.97 Å². The highest BCUT2D eigenvalue weighted by Crippen LogP contribution is 2.49. The molecule has 4 rings (SSSR count). The third-order valence-corrected chi connectivity index (χ3v) is 6.85. The Morgan fingerprint density at radius 2 is 1.30 bits per heavy atom. The lowest BCUT2D eigenvalue weighted by molar-refractivity contribution is 0.0692. The Morgan fingerprint density at radius 3 is 1.90 bits per heavy atom. The molecular formula is C26H23BrO3. The largest absolute Gasteiger partial charge is 0.478 e. The first kappa shape index (κ1) is 20.5. The fourth-order valence-electron chi connectivity index (χ4n) is 4.66. The first-order valence-electron chi connectivity index (χ1n) is 9.87. The number of benzene rings is 3. The summed E-state index contributed by atoms with van der Waals surface area (Å²) >= 11 is 3.35. The molecule has 1 aliphatic carbocycles. The molecule has 1 aliphatic rings. The second kappa shape index (κ2) is 6.92. The summed E-state index contributed by atoms with van der Waals surface area (Å²) < 4.78 is 0.671. The van der Waals surface area contributed by atoms with Gasteiger partial charge < -0.3 is 5.11 Å². The minimum absolute atomic E-state index is 0.00542. The molecule has 0 aromatic heterocycles. The van der Waals surface area contributed by atoms with Crippen molar-refractivity contribution in [3.63, 3.8) is 0 Å². The van der Waals surface area contributed by atoms with Crippen LogP contribution in [0.25, 0.3) is 0 Å². The summed E-state index contributed by atoms with van der Waals surface area (Å²) in [6.45, 7) is 8.77. The van der Waals surface area contributed by atoms with Crippen molar-refractivity contribution >= 4 is 27.7 Å². The van der Waals surface area contributed by atoms with E-state index in [4.69, 9.17) is 0 Å². The van der Waals surface area contributed by atoms with Crippen LogP contribution >= 0.6 is 15.9 Å². The van der Waals surface area contributed by atoms with E-state index in [1.807, 2.05) is 18.2 Å². The summed E-state index contributed by atoms with van der Waals surface area (Å²) in [7, 11) is 0. The zero-order valence-electron chi connectivity index (χ0n) is 17.4. The second-order valence-corrected chi connectivity index (χ2v) is 9.80. The minimum Gasteiger partial charge on any atom is -0.478 e. The van der Waals surface area contributed by atoms with Gasteiger partial charge in [0, 0.05) is 26.4 Å². The molecule has 0 aliphatic heterocycles. The lowest BCUT2D eigenvalue weighted by Gasteiger charge is -2.44. The van der Waals surface area contributed by atoms with E-state index in [1.54, 1.807) is 12.1 Å². The van der Waals surface area contributed by atoms with Crippen LogP contribution in [0.2, 0.25) is 0 Å². The van der Waals surface area contributed by atoms with Gasteiger partial charge in [-0.15, -0.1) is 0 Å². The Bertz CT molecular complexity index is 1200. The maximum atomic E-state index is 13.3. The molecule has 0 spiro atoms. The molecule has 30 heavy (non-hydrogen) atoms. The van der Waals surface area contributed by atoms with Crippen molar-refractivity contribution in [1.29, 1.82) is 0 Å². The first-order valence-corrected chi connectivity index (χ1v) is 10.7. The summed E-state index contributed by atoms with van der Waals surface area (Å²) in [5.41, 5.74) is 5.06. The van der Waals surface area contributed by atoms with E-state index in [9.17, 15) is 14.7 Å². The van der Waals surface area contributed by atoms with E-state index >= 15 is 0 Å². The van der Waals surface area contributed by atoms with E-state index < -0.39 is 5.97 Å². The fraction of sp³-hybridized carbons (Fsp3) is 0.231. The molecule has 0 bridgehead atoms. The maximum absolute atomic E-state index is 13.3. The molecule has 0 unspecified atom stereocenters. The molecule has 0 amide bonds. The Balaban J connectivity index is 1.90. The Labute approximate surface area is 184 Å². The predicted molar refractivity (Wildman–Crippen MR) is 122 cm³/mol.